The summed E-state index contributed by atoms with van der Waals surface area (Å²) in [6.07, 6.45) is 0. The maximum Gasteiger partial charge on any atom is 0.261 e. The third-order valence-electron chi connectivity index (χ3n) is 3.54. The van der Waals surface area contributed by atoms with Crippen LogP contribution in [-0.2, 0) is 10.0 Å². The number of nitrogens with one attached hydrogen (secondary N) is 1. The van der Waals surface area contributed by atoms with Crippen LogP contribution in [0.2, 0.25) is 0 Å². The molecule has 0 saturated heterocycles. The first-order valence-electron chi connectivity index (χ1n) is 7.55. The Balaban J connectivity index is 2.21. The highest BCUT2D eigenvalue weighted by Gasteiger charge is 2.17. The predicted octanol–water partition coefficient (Wildman–Crippen LogP) is 3.11. The Hall–Kier alpha value is -2.41. The molecular formula is C17H19FN2O3S. The van der Waals surface area contributed by atoms with Crippen molar-refractivity contribution in [3.8, 4) is 0 Å². The zero-order chi connectivity index (χ0) is 17.7. The van der Waals surface area contributed by atoms with Crippen LogP contribution < -0.4 is 4.72 Å². The lowest BCUT2D eigenvalue weighted by atomic mass is 10.2. The second-order valence-corrected chi connectivity index (χ2v) is 6.80. The minimum atomic E-state index is -3.85. The molecule has 0 bridgehead atoms. The maximum absolute atomic E-state index is 13.2. The summed E-state index contributed by atoms with van der Waals surface area (Å²) in [7, 11) is -3.85. The molecule has 2 rings (SSSR count). The fraction of sp³-hybridized carbons (Fsp3) is 0.235. The van der Waals surface area contributed by atoms with Gasteiger partial charge in [-0.2, -0.15) is 0 Å². The maximum atomic E-state index is 13.2. The highest BCUT2D eigenvalue weighted by atomic mass is 32.2. The molecule has 0 aromatic heterocycles. The Labute approximate surface area is 141 Å². The lowest BCUT2D eigenvalue weighted by Crippen LogP contribution is -2.30. The van der Waals surface area contributed by atoms with Crippen molar-refractivity contribution in [2.24, 2.45) is 0 Å². The Kier molecular flexibility index (Phi) is 5.56. The number of rotatable bonds is 6. The SMILES string of the molecule is CCN(CC)C(=O)c1ccc(S(=O)(=O)Nc2cccc(F)c2)cc1. The predicted molar refractivity (Wildman–Crippen MR) is 90.9 cm³/mol. The van der Waals surface area contributed by atoms with E-state index < -0.39 is 15.8 Å². The van der Waals surface area contributed by atoms with Crippen molar-refractivity contribution in [2.45, 2.75) is 18.7 Å². The van der Waals surface area contributed by atoms with Gasteiger partial charge in [0.1, 0.15) is 5.82 Å². The van der Waals surface area contributed by atoms with Crippen LogP contribution in [0.5, 0.6) is 0 Å². The van der Waals surface area contributed by atoms with Gasteiger partial charge in [0.25, 0.3) is 15.9 Å². The molecule has 0 aliphatic heterocycles. The lowest BCUT2D eigenvalue weighted by Gasteiger charge is -2.18. The Morgan fingerprint density at radius 2 is 1.71 bits per heavy atom. The van der Waals surface area contributed by atoms with Gasteiger partial charge in [0.05, 0.1) is 10.6 Å². The average molecular weight is 350 g/mol. The van der Waals surface area contributed by atoms with Crippen molar-refractivity contribution in [3.63, 3.8) is 0 Å². The molecule has 0 aliphatic carbocycles. The molecule has 0 heterocycles. The zero-order valence-electron chi connectivity index (χ0n) is 13.5. The first-order valence-corrected chi connectivity index (χ1v) is 9.03. The summed E-state index contributed by atoms with van der Waals surface area (Å²) in [5.74, 6) is -0.683. The molecule has 2 aromatic carbocycles. The number of halogens is 1. The van der Waals surface area contributed by atoms with Gasteiger partial charge in [-0.1, -0.05) is 6.07 Å². The third-order valence-corrected chi connectivity index (χ3v) is 4.94. The topological polar surface area (TPSA) is 66.5 Å². The molecule has 128 valence electrons. The van der Waals surface area contributed by atoms with Crippen LogP contribution >= 0.6 is 0 Å². The quantitative estimate of drug-likeness (QED) is 0.870. The Morgan fingerprint density at radius 3 is 2.25 bits per heavy atom. The molecule has 7 heteroatoms. The van der Waals surface area contributed by atoms with Gasteiger partial charge < -0.3 is 4.90 Å². The fourth-order valence-electron chi connectivity index (χ4n) is 2.24. The minimum Gasteiger partial charge on any atom is -0.339 e. The highest BCUT2D eigenvalue weighted by molar-refractivity contribution is 7.92. The summed E-state index contributed by atoms with van der Waals surface area (Å²) in [4.78, 5) is 13.9. The summed E-state index contributed by atoms with van der Waals surface area (Å²) in [6.45, 7) is 4.92. The number of anilines is 1. The van der Waals surface area contributed by atoms with Crippen molar-refractivity contribution in [1.82, 2.24) is 4.90 Å². The van der Waals surface area contributed by atoms with Gasteiger partial charge in [0.2, 0.25) is 0 Å². The molecular weight excluding hydrogens is 331 g/mol. The minimum absolute atomic E-state index is 0.00265. The lowest BCUT2D eigenvalue weighted by molar-refractivity contribution is 0.0773. The number of benzene rings is 2. The van der Waals surface area contributed by atoms with Crippen LogP contribution in [0.25, 0.3) is 0 Å². The van der Waals surface area contributed by atoms with Crippen LogP contribution in [0.4, 0.5) is 10.1 Å². The summed E-state index contributed by atoms with van der Waals surface area (Å²) < 4.78 is 40.1. The van der Waals surface area contributed by atoms with Crippen molar-refractivity contribution in [3.05, 3.63) is 59.9 Å². The smallest absolute Gasteiger partial charge is 0.261 e. The van der Waals surface area contributed by atoms with Gasteiger partial charge in [-0.3, -0.25) is 9.52 Å². The number of sulfonamides is 1. The summed E-state index contributed by atoms with van der Waals surface area (Å²) in [5, 5.41) is 0. The molecule has 0 aliphatic rings. The number of nitrogens with zero attached hydrogens (tertiary/aromatic N) is 1. The molecule has 0 saturated carbocycles. The Morgan fingerprint density at radius 1 is 1.08 bits per heavy atom. The second kappa shape index (κ2) is 7.44. The average Bonchev–Trinajstić information content (AvgIpc) is 2.55. The van der Waals surface area contributed by atoms with Gasteiger partial charge >= 0.3 is 0 Å². The van der Waals surface area contributed by atoms with E-state index in [1.54, 1.807) is 4.90 Å². The largest absolute Gasteiger partial charge is 0.339 e. The van der Waals surface area contributed by atoms with Crippen LogP contribution in [-0.4, -0.2) is 32.3 Å². The van der Waals surface area contributed by atoms with Crippen molar-refractivity contribution in [1.29, 1.82) is 0 Å². The first kappa shape index (κ1) is 17.9. The van der Waals surface area contributed by atoms with Gasteiger partial charge in [0, 0.05) is 18.7 Å². The van der Waals surface area contributed by atoms with Crippen LogP contribution in [0, 0.1) is 5.82 Å². The molecule has 1 amide bonds. The van der Waals surface area contributed by atoms with E-state index in [4.69, 9.17) is 0 Å². The third kappa shape index (κ3) is 4.11. The molecule has 0 atom stereocenters. The number of amides is 1. The summed E-state index contributed by atoms with van der Waals surface area (Å²) >= 11 is 0. The van der Waals surface area contributed by atoms with Crippen LogP contribution in [0.1, 0.15) is 24.2 Å². The van der Waals surface area contributed by atoms with E-state index in [-0.39, 0.29) is 16.5 Å². The summed E-state index contributed by atoms with van der Waals surface area (Å²) in [6, 6.07) is 10.9. The van der Waals surface area contributed by atoms with Crippen molar-refractivity contribution in [2.75, 3.05) is 17.8 Å². The number of carbonyl (C=O) groups excluding carboxylic acids is 1. The molecule has 0 spiro atoms. The fourth-order valence-corrected chi connectivity index (χ4v) is 3.29. The van der Waals surface area contributed by atoms with E-state index in [1.165, 1.54) is 42.5 Å². The van der Waals surface area contributed by atoms with Crippen LogP contribution in [0.15, 0.2) is 53.4 Å². The number of carbonyl (C=O) groups is 1. The van der Waals surface area contributed by atoms with Gasteiger partial charge in [-0.05, 0) is 56.3 Å². The summed E-state index contributed by atoms with van der Waals surface area (Å²) in [5.41, 5.74) is 0.557. The molecule has 24 heavy (non-hydrogen) atoms. The van der Waals surface area contributed by atoms with Gasteiger partial charge in [-0.15, -0.1) is 0 Å². The van der Waals surface area contributed by atoms with E-state index in [0.29, 0.717) is 18.7 Å². The molecule has 0 fully saturated rings. The van der Waals surface area contributed by atoms with Gasteiger partial charge in [0.15, 0.2) is 0 Å². The molecule has 0 radical (unpaired) electrons. The second-order valence-electron chi connectivity index (χ2n) is 5.12. The zero-order valence-corrected chi connectivity index (χ0v) is 14.3. The van der Waals surface area contributed by atoms with E-state index in [9.17, 15) is 17.6 Å². The molecule has 1 N–H and O–H groups in total. The normalized spacial score (nSPS) is 11.1. The van der Waals surface area contributed by atoms with Crippen LogP contribution in [0.3, 0.4) is 0 Å². The van der Waals surface area contributed by atoms with Crippen molar-refractivity contribution >= 4 is 21.6 Å². The first-order chi connectivity index (χ1) is 11.4. The van der Waals surface area contributed by atoms with E-state index in [1.807, 2.05) is 13.8 Å². The monoisotopic (exact) mass is 350 g/mol. The van der Waals surface area contributed by atoms with Crippen molar-refractivity contribution < 1.29 is 17.6 Å². The van der Waals surface area contributed by atoms with E-state index in [2.05, 4.69) is 4.72 Å². The van der Waals surface area contributed by atoms with Gasteiger partial charge in [-0.25, -0.2) is 12.8 Å². The van der Waals surface area contributed by atoms with E-state index >= 15 is 0 Å². The Bertz CT molecular complexity index is 816. The molecule has 0 unspecified atom stereocenters. The molecule has 5 nitrogen and oxygen atoms in total. The number of hydrogen-bond acceptors (Lipinski definition) is 3. The number of hydrogen-bond donors (Lipinski definition) is 1. The van der Waals surface area contributed by atoms with E-state index in [0.717, 1.165) is 6.07 Å². The molecule has 2 aromatic rings. The highest BCUT2D eigenvalue weighted by Crippen LogP contribution is 2.18. The standard InChI is InChI=1S/C17H19FN2O3S/c1-3-20(4-2)17(21)13-8-10-16(11-9-13)24(22,23)19-15-7-5-6-14(18)12-15/h5-12,19H,3-4H2,1-2H3.